The van der Waals surface area contributed by atoms with E-state index in [9.17, 15) is 9.18 Å². The van der Waals surface area contributed by atoms with Crippen molar-refractivity contribution in [3.8, 4) is 5.75 Å². The van der Waals surface area contributed by atoms with Crippen LogP contribution >= 0.6 is 0 Å². The molecule has 0 bridgehead atoms. The minimum absolute atomic E-state index is 0.0461. The molecule has 0 spiro atoms. The number of hydrogen-bond acceptors (Lipinski definition) is 3. The minimum Gasteiger partial charge on any atom is -0.478 e. The van der Waals surface area contributed by atoms with Gasteiger partial charge in [-0.05, 0) is 19.1 Å². The van der Waals surface area contributed by atoms with Crippen molar-refractivity contribution in [1.82, 2.24) is 10.2 Å². The lowest BCUT2D eigenvalue weighted by Crippen LogP contribution is -2.30. The number of rotatable bonds is 4. The zero-order chi connectivity index (χ0) is 13.0. The maximum Gasteiger partial charge on any atom is 0.266 e. The van der Waals surface area contributed by atoms with Gasteiger partial charge in [-0.1, -0.05) is 12.1 Å². The number of carbonyl (C=O) groups excluding carboxylic acids is 1. The van der Waals surface area contributed by atoms with E-state index in [0.717, 1.165) is 0 Å². The van der Waals surface area contributed by atoms with Gasteiger partial charge in [-0.2, -0.15) is 5.10 Å². The lowest BCUT2D eigenvalue weighted by molar-refractivity contribution is -0.122. The molecule has 0 aliphatic carbocycles. The summed E-state index contributed by atoms with van der Waals surface area (Å²) in [7, 11) is 0. The van der Waals surface area contributed by atoms with Gasteiger partial charge in [-0.3, -0.25) is 9.89 Å². The largest absolute Gasteiger partial charge is 0.478 e. The lowest BCUT2D eigenvalue weighted by Gasteiger charge is -2.14. The molecule has 0 radical (unpaired) electrons. The number of H-pyrrole nitrogens is 1. The molecule has 1 unspecified atom stereocenters. The molecule has 0 saturated heterocycles. The standard InChI is InChI=1S/C12H12FN3O2/c1-8(12(17)15-11-6-7-14-16-11)18-10-5-3-2-4-9(10)13/h2-8H,1H3,(H2,14,15,16,17). The van der Waals surface area contributed by atoms with E-state index in [1.54, 1.807) is 18.2 Å². The minimum atomic E-state index is -0.815. The summed E-state index contributed by atoms with van der Waals surface area (Å²) in [6, 6.07) is 7.54. The topological polar surface area (TPSA) is 67.0 Å². The van der Waals surface area contributed by atoms with Crippen LogP contribution in [0, 0.1) is 5.82 Å². The monoisotopic (exact) mass is 249 g/mol. The second-order valence-corrected chi connectivity index (χ2v) is 3.65. The van der Waals surface area contributed by atoms with Crippen LogP contribution in [0.3, 0.4) is 0 Å². The van der Waals surface area contributed by atoms with Crippen LogP contribution in [0.25, 0.3) is 0 Å². The summed E-state index contributed by atoms with van der Waals surface area (Å²) in [6.07, 6.45) is 0.697. The summed E-state index contributed by atoms with van der Waals surface area (Å²) in [6.45, 7) is 1.54. The number of benzene rings is 1. The van der Waals surface area contributed by atoms with E-state index in [4.69, 9.17) is 4.74 Å². The van der Waals surface area contributed by atoms with Gasteiger partial charge in [-0.25, -0.2) is 4.39 Å². The van der Waals surface area contributed by atoms with Gasteiger partial charge in [0, 0.05) is 6.07 Å². The van der Waals surface area contributed by atoms with Crippen LogP contribution in [-0.4, -0.2) is 22.2 Å². The van der Waals surface area contributed by atoms with E-state index in [-0.39, 0.29) is 11.7 Å². The second kappa shape index (κ2) is 5.31. The van der Waals surface area contributed by atoms with Gasteiger partial charge >= 0.3 is 0 Å². The molecule has 1 heterocycles. The zero-order valence-electron chi connectivity index (χ0n) is 9.68. The Balaban J connectivity index is 1.97. The molecule has 1 amide bonds. The third kappa shape index (κ3) is 2.85. The molecule has 1 atom stereocenters. The highest BCUT2D eigenvalue weighted by Crippen LogP contribution is 2.17. The Morgan fingerprint density at radius 1 is 1.44 bits per heavy atom. The number of amides is 1. The van der Waals surface area contributed by atoms with Crippen molar-refractivity contribution in [3.63, 3.8) is 0 Å². The van der Waals surface area contributed by atoms with E-state index >= 15 is 0 Å². The van der Waals surface area contributed by atoms with Crippen LogP contribution in [-0.2, 0) is 4.79 Å². The Kier molecular flexibility index (Phi) is 3.57. The van der Waals surface area contributed by atoms with Crippen molar-refractivity contribution in [2.45, 2.75) is 13.0 Å². The lowest BCUT2D eigenvalue weighted by atomic mass is 10.3. The van der Waals surface area contributed by atoms with E-state index in [1.807, 2.05) is 0 Å². The number of nitrogens with one attached hydrogen (secondary N) is 2. The number of para-hydroxylation sites is 1. The Morgan fingerprint density at radius 3 is 2.89 bits per heavy atom. The first-order chi connectivity index (χ1) is 8.66. The number of anilines is 1. The summed E-state index contributed by atoms with van der Waals surface area (Å²) < 4.78 is 18.6. The fourth-order valence-electron chi connectivity index (χ4n) is 1.34. The predicted molar refractivity (Wildman–Crippen MR) is 63.7 cm³/mol. The zero-order valence-corrected chi connectivity index (χ0v) is 9.68. The van der Waals surface area contributed by atoms with Gasteiger partial charge in [0.25, 0.3) is 5.91 Å². The summed E-state index contributed by atoms with van der Waals surface area (Å²) in [5, 5.41) is 8.84. The molecule has 94 valence electrons. The van der Waals surface area contributed by atoms with E-state index < -0.39 is 11.9 Å². The molecule has 2 aromatic rings. The maximum absolute atomic E-state index is 13.3. The molecule has 5 nitrogen and oxygen atoms in total. The molecule has 2 rings (SSSR count). The Morgan fingerprint density at radius 2 is 2.22 bits per heavy atom. The fraction of sp³-hybridized carbons (Fsp3) is 0.167. The van der Waals surface area contributed by atoms with Crippen LogP contribution in [0.4, 0.5) is 10.2 Å². The Hall–Kier alpha value is -2.37. The van der Waals surface area contributed by atoms with Crippen molar-refractivity contribution in [3.05, 3.63) is 42.3 Å². The van der Waals surface area contributed by atoms with Gasteiger partial charge in [-0.15, -0.1) is 0 Å². The molecule has 2 N–H and O–H groups in total. The number of carbonyl (C=O) groups is 1. The third-order valence-corrected chi connectivity index (χ3v) is 2.27. The highest BCUT2D eigenvalue weighted by molar-refractivity contribution is 5.93. The molecule has 0 aliphatic rings. The van der Waals surface area contributed by atoms with E-state index in [0.29, 0.717) is 5.82 Å². The van der Waals surface area contributed by atoms with Gasteiger partial charge < -0.3 is 10.1 Å². The molecule has 0 saturated carbocycles. The smallest absolute Gasteiger partial charge is 0.266 e. The number of halogens is 1. The van der Waals surface area contributed by atoms with E-state index in [2.05, 4.69) is 15.5 Å². The Labute approximate surface area is 103 Å². The second-order valence-electron chi connectivity index (χ2n) is 3.65. The van der Waals surface area contributed by atoms with Crippen LogP contribution in [0.15, 0.2) is 36.5 Å². The van der Waals surface area contributed by atoms with Gasteiger partial charge in [0.1, 0.15) is 5.82 Å². The van der Waals surface area contributed by atoms with Crippen LogP contribution in [0.5, 0.6) is 5.75 Å². The molecule has 0 fully saturated rings. The predicted octanol–water partition coefficient (Wildman–Crippen LogP) is 1.95. The molecule has 1 aromatic carbocycles. The SMILES string of the molecule is CC(Oc1ccccc1F)C(=O)Nc1ccn[nH]1. The molecular weight excluding hydrogens is 237 g/mol. The average Bonchev–Trinajstić information content (AvgIpc) is 2.84. The summed E-state index contributed by atoms with van der Waals surface area (Å²) >= 11 is 0. The highest BCUT2D eigenvalue weighted by atomic mass is 19.1. The van der Waals surface area contributed by atoms with Gasteiger partial charge in [0.2, 0.25) is 0 Å². The van der Waals surface area contributed by atoms with Crippen LogP contribution in [0.2, 0.25) is 0 Å². The summed E-state index contributed by atoms with van der Waals surface area (Å²) in [4.78, 5) is 11.7. The van der Waals surface area contributed by atoms with E-state index in [1.165, 1.54) is 25.3 Å². The average molecular weight is 249 g/mol. The summed E-state index contributed by atoms with van der Waals surface area (Å²) in [5.41, 5.74) is 0. The van der Waals surface area contributed by atoms with Gasteiger partial charge in [0.05, 0.1) is 6.20 Å². The number of hydrogen-bond donors (Lipinski definition) is 2. The number of aromatic amines is 1. The normalized spacial score (nSPS) is 11.9. The van der Waals surface area contributed by atoms with Crippen molar-refractivity contribution < 1.29 is 13.9 Å². The van der Waals surface area contributed by atoms with Crippen molar-refractivity contribution in [2.75, 3.05) is 5.32 Å². The Bertz CT molecular complexity index is 528. The highest BCUT2D eigenvalue weighted by Gasteiger charge is 2.16. The molecule has 1 aromatic heterocycles. The van der Waals surface area contributed by atoms with Crippen molar-refractivity contribution in [1.29, 1.82) is 0 Å². The van der Waals surface area contributed by atoms with Crippen molar-refractivity contribution in [2.24, 2.45) is 0 Å². The first-order valence-electron chi connectivity index (χ1n) is 5.38. The fourth-order valence-corrected chi connectivity index (χ4v) is 1.34. The maximum atomic E-state index is 13.3. The number of aromatic nitrogens is 2. The first kappa shape index (κ1) is 12.1. The molecule has 0 aliphatic heterocycles. The third-order valence-electron chi connectivity index (χ3n) is 2.27. The van der Waals surface area contributed by atoms with Gasteiger partial charge in [0.15, 0.2) is 17.7 Å². The molecule has 18 heavy (non-hydrogen) atoms. The number of ether oxygens (including phenoxy) is 1. The van der Waals surface area contributed by atoms with Crippen LogP contribution < -0.4 is 10.1 Å². The molecule has 6 heteroatoms. The summed E-state index contributed by atoms with van der Waals surface area (Å²) in [5.74, 6) is -0.380. The number of nitrogens with zero attached hydrogens (tertiary/aromatic N) is 1. The van der Waals surface area contributed by atoms with Crippen molar-refractivity contribution >= 4 is 11.7 Å². The van der Waals surface area contributed by atoms with Crippen LogP contribution in [0.1, 0.15) is 6.92 Å². The molecular formula is C12H12FN3O2. The quantitative estimate of drug-likeness (QED) is 0.870. The first-order valence-corrected chi connectivity index (χ1v) is 5.38.